The molecule has 1 rings (SSSR count). The van der Waals surface area contributed by atoms with Crippen LogP contribution in [0.15, 0.2) is 24.5 Å². The molecule has 1 aromatic rings. The van der Waals surface area contributed by atoms with Gasteiger partial charge in [-0.2, -0.15) is 13.2 Å². The van der Waals surface area contributed by atoms with Crippen molar-refractivity contribution in [2.24, 2.45) is 5.73 Å². The zero-order valence-electron chi connectivity index (χ0n) is 10.3. The minimum absolute atomic E-state index is 0.141. The zero-order chi connectivity index (χ0) is 13.6. The van der Waals surface area contributed by atoms with Crippen LogP contribution in [0.5, 0.6) is 0 Å². The highest BCUT2D eigenvalue weighted by Crippen LogP contribution is 2.24. The van der Waals surface area contributed by atoms with Crippen LogP contribution >= 0.6 is 0 Å². The second kappa shape index (κ2) is 6.70. The first-order valence-electron chi connectivity index (χ1n) is 5.88. The first-order valence-corrected chi connectivity index (χ1v) is 5.88. The molecule has 0 aliphatic carbocycles. The topological polar surface area (TPSA) is 42.1 Å². The molecule has 0 aromatic carbocycles. The third kappa shape index (κ3) is 4.62. The number of nitrogens with zero attached hydrogens (tertiary/aromatic N) is 2. The Morgan fingerprint density at radius 1 is 1.44 bits per heavy atom. The van der Waals surface area contributed by atoms with Crippen molar-refractivity contribution in [1.29, 1.82) is 0 Å². The van der Waals surface area contributed by atoms with Gasteiger partial charge >= 0.3 is 6.18 Å². The van der Waals surface area contributed by atoms with E-state index in [4.69, 9.17) is 5.73 Å². The van der Waals surface area contributed by atoms with Gasteiger partial charge in [-0.25, -0.2) is 0 Å². The Hall–Kier alpha value is -1.14. The molecule has 6 heteroatoms. The van der Waals surface area contributed by atoms with Crippen LogP contribution in [0, 0.1) is 0 Å². The summed E-state index contributed by atoms with van der Waals surface area (Å²) in [7, 11) is 0. The predicted molar refractivity (Wildman–Crippen MR) is 64.0 cm³/mol. The zero-order valence-corrected chi connectivity index (χ0v) is 10.3. The fraction of sp³-hybridized carbons (Fsp3) is 0.583. The van der Waals surface area contributed by atoms with Crippen LogP contribution in [-0.2, 0) is 0 Å². The third-order valence-electron chi connectivity index (χ3n) is 2.63. The molecule has 0 fully saturated rings. The van der Waals surface area contributed by atoms with Crippen molar-refractivity contribution < 1.29 is 13.2 Å². The SMILES string of the molecule is CCCN(CC(F)(F)F)C(CN)c1cccnc1. The molecule has 102 valence electrons. The molecular formula is C12H18F3N3. The Kier molecular flexibility index (Phi) is 5.55. The van der Waals surface area contributed by atoms with Crippen LogP contribution in [0.25, 0.3) is 0 Å². The number of aromatic nitrogens is 1. The Bertz CT molecular complexity index is 340. The summed E-state index contributed by atoms with van der Waals surface area (Å²) in [5.74, 6) is 0. The van der Waals surface area contributed by atoms with E-state index in [-0.39, 0.29) is 6.54 Å². The molecule has 3 nitrogen and oxygen atoms in total. The number of hydrogen-bond acceptors (Lipinski definition) is 3. The van der Waals surface area contributed by atoms with Crippen LogP contribution in [0.4, 0.5) is 13.2 Å². The predicted octanol–water partition coefficient (Wildman–Crippen LogP) is 2.36. The van der Waals surface area contributed by atoms with E-state index in [0.29, 0.717) is 13.0 Å². The molecule has 0 bridgehead atoms. The average Bonchev–Trinajstić information content (AvgIpc) is 2.29. The van der Waals surface area contributed by atoms with Gasteiger partial charge in [-0.1, -0.05) is 13.0 Å². The maximum atomic E-state index is 12.5. The highest BCUT2D eigenvalue weighted by molar-refractivity contribution is 5.14. The maximum absolute atomic E-state index is 12.5. The van der Waals surface area contributed by atoms with Gasteiger partial charge in [-0.05, 0) is 24.6 Å². The van der Waals surface area contributed by atoms with Gasteiger partial charge in [0.05, 0.1) is 6.54 Å². The van der Waals surface area contributed by atoms with Crippen LogP contribution in [0.1, 0.15) is 24.9 Å². The fourth-order valence-corrected chi connectivity index (χ4v) is 1.93. The normalized spacial score (nSPS) is 13.9. The van der Waals surface area contributed by atoms with E-state index >= 15 is 0 Å². The summed E-state index contributed by atoms with van der Waals surface area (Å²) in [6, 6.07) is 3.01. The number of nitrogens with two attached hydrogens (primary N) is 1. The third-order valence-corrected chi connectivity index (χ3v) is 2.63. The van der Waals surface area contributed by atoms with Crippen molar-refractivity contribution in [3.05, 3.63) is 30.1 Å². The van der Waals surface area contributed by atoms with Crippen LogP contribution in [0.2, 0.25) is 0 Å². The van der Waals surface area contributed by atoms with Crippen molar-refractivity contribution in [3.8, 4) is 0 Å². The van der Waals surface area contributed by atoms with Gasteiger partial charge in [0.15, 0.2) is 0 Å². The molecule has 1 atom stereocenters. The molecule has 2 N–H and O–H groups in total. The molecule has 0 saturated carbocycles. The Morgan fingerprint density at radius 2 is 2.17 bits per heavy atom. The molecule has 1 heterocycles. The summed E-state index contributed by atoms with van der Waals surface area (Å²) in [6.07, 6.45) is -0.417. The van der Waals surface area contributed by atoms with E-state index in [1.54, 1.807) is 24.5 Å². The van der Waals surface area contributed by atoms with Gasteiger partial charge in [0.25, 0.3) is 0 Å². The molecular weight excluding hydrogens is 243 g/mol. The summed E-state index contributed by atoms with van der Waals surface area (Å²) < 4.78 is 37.6. The lowest BCUT2D eigenvalue weighted by atomic mass is 10.1. The first-order chi connectivity index (χ1) is 8.48. The van der Waals surface area contributed by atoms with Crippen LogP contribution in [-0.4, -0.2) is 35.7 Å². The summed E-state index contributed by atoms with van der Waals surface area (Å²) in [5, 5.41) is 0. The monoisotopic (exact) mass is 261 g/mol. The quantitative estimate of drug-likeness (QED) is 0.854. The molecule has 0 saturated heterocycles. The lowest BCUT2D eigenvalue weighted by Gasteiger charge is -2.31. The Labute approximate surface area is 105 Å². The molecule has 0 spiro atoms. The Balaban J connectivity index is 2.87. The number of rotatable bonds is 6. The van der Waals surface area contributed by atoms with E-state index in [0.717, 1.165) is 5.56 Å². The molecule has 1 aromatic heterocycles. The van der Waals surface area contributed by atoms with Gasteiger partial charge < -0.3 is 5.73 Å². The van der Waals surface area contributed by atoms with Gasteiger partial charge in [0, 0.05) is 25.0 Å². The number of pyridine rings is 1. The van der Waals surface area contributed by atoms with E-state index in [2.05, 4.69) is 4.98 Å². The number of halogens is 3. The van der Waals surface area contributed by atoms with Crippen molar-refractivity contribution in [2.45, 2.75) is 25.6 Å². The number of alkyl halides is 3. The van der Waals surface area contributed by atoms with E-state index < -0.39 is 18.8 Å². The lowest BCUT2D eigenvalue weighted by molar-refractivity contribution is -0.150. The van der Waals surface area contributed by atoms with Gasteiger partial charge in [-0.3, -0.25) is 9.88 Å². The minimum atomic E-state index is -4.22. The van der Waals surface area contributed by atoms with Crippen molar-refractivity contribution in [1.82, 2.24) is 9.88 Å². The smallest absolute Gasteiger partial charge is 0.329 e. The fourth-order valence-electron chi connectivity index (χ4n) is 1.93. The van der Waals surface area contributed by atoms with E-state index in [9.17, 15) is 13.2 Å². The average molecular weight is 261 g/mol. The van der Waals surface area contributed by atoms with Gasteiger partial charge in [0.1, 0.15) is 0 Å². The summed E-state index contributed by atoms with van der Waals surface area (Å²) >= 11 is 0. The second-order valence-corrected chi connectivity index (χ2v) is 4.12. The molecule has 18 heavy (non-hydrogen) atoms. The van der Waals surface area contributed by atoms with Gasteiger partial charge in [0.2, 0.25) is 0 Å². The highest BCUT2D eigenvalue weighted by atomic mass is 19.4. The van der Waals surface area contributed by atoms with Gasteiger partial charge in [-0.15, -0.1) is 0 Å². The number of hydrogen-bond donors (Lipinski definition) is 1. The minimum Gasteiger partial charge on any atom is -0.329 e. The molecule has 1 unspecified atom stereocenters. The van der Waals surface area contributed by atoms with Crippen LogP contribution < -0.4 is 5.73 Å². The first kappa shape index (κ1) is 14.9. The summed E-state index contributed by atoms with van der Waals surface area (Å²) in [5.41, 5.74) is 6.34. The lowest BCUT2D eigenvalue weighted by Crippen LogP contribution is -2.40. The molecule has 0 aliphatic heterocycles. The maximum Gasteiger partial charge on any atom is 0.401 e. The standard InChI is InChI=1S/C12H18F3N3/c1-2-6-18(9-12(13,14)15)11(7-16)10-4-3-5-17-8-10/h3-5,8,11H,2,6-7,9,16H2,1H3. The molecule has 0 amide bonds. The van der Waals surface area contributed by atoms with Crippen molar-refractivity contribution in [2.75, 3.05) is 19.6 Å². The molecule has 0 radical (unpaired) electrons. The Morgan fingerprint density at radius 3 is 2.61 bits per heavy atom. The van der Waals surface area contributed by atoms with E-state index in [1.165, 1.54) is 4.90 Å². The largest absolute Gasteiger partial charge is 0.401 e. The van der Waals surface area contributed by atoms with Crippen molar-refractivity contribution >= 4 is 0 Å². The summed E-state index contributed by atoms with van der Waals surface area (Å²) in [6.45, 7) is 1.40. The van der Waals surface area contributed by atoms with Crippen LogP contribution in [0.3, 0.4) is 0 Å². The van der Waals surface area contributed by atoms with E-state index in [1.807, 2.05) is 6.92 Å². The second-order valence-electron chi connectivity index (χ2n) is 4.12. The van der Waals surface area contributed by atoms with Crippen molar-refractivity contribution in [3.63, 3.8) is 0 Å². The summed E-state index contributed by atoms with van der Waals surface area (Å²) in [4.78, 5) is 5.29. The molecule has 0 aliphatic rings. The highest BCUT2D eigenvalue weighted by Gasteiger charge is 2.33.